The fourth-order valence-electron chi connectivity index (χ4n) is 1.77. The van der Waals surface area contributed by atoms with E-state index >= 15 is 0 Å². The van der Waals surface area contributed by atoms with Crippen molar-refractivity contribution in [1.29, 1.82) is 0 Å². The van der Waals surface area contributed by atoms with Gasteiger partial charge >= 0.3 is 0 Å². The van der Waals surface area contributed by atoms with Crippen molar-refractivity contribution in [3.63, 3.8) is 0 Å². The molecule has 0 aromatic heterocycles. The van der Waals surface area contributed by atoms with Crippen molar-refractivity contribution in [2.75, 3.05) is 11.9 Å². The first-order valence-electron chi connectivity index (χ1n) is 7.58. The molecule has 5 heteroatoms. The van der Waals surface area contributed by atoms with Crippen molar-refractivity contribution >= 4 is 17.6 Å². The van der Waals surface area contributed by atoms with Gasteiger partial charge in [-0.15, -0.1) is 0 Å². The lowest BCUT2D eigenvalue weighted by atomic mass is 10.2. The van der Waals surface area contributed by atoms with E-state index in [0.717, 1.165) is 37.1 Å². The minimum Gasteiger partial charge on any atom is -0.370 e. The smallest absolute Gasteiger partial charge is 0.224 e. The monoisotopic (exact) mass is 290 g/mol. The van der Waals surface area contributed by atoms with E-state index in [4.69, 9.17) is 5.73 Å². The molecule has 0 saturated carbocycles. The van der Waals surface area contributed by atoms with Crippen LogP contribution in [0.25, 0.3) is 0 Å². The Morgan fingerprint density at radius 1 is 1.19 bits per heavy atom. The van der Waals surface area contributed by atoms with E-state index < -0.39 is 0 Å². The summed E-state index contributed by atoms with van der Waals surface area (Å²) in [6, 6.07) is 7.67. The molecule has 5 nitrogen and oxygen atoms in total. The van der Waals surface area contributed by atoms with Gasteiger partial charge in [-0.3, -0.25) is 4.79 Å². The van der Waals surface area contributed by atoms with Crippen LogP contribution < -0.4 is 16.4 Å². The van der Waals surface area contributed by atoms with E-state index in [1.54, 1.807) is 0 Å². The number of aliphatic imine (C=N–C) groups is 1. The number of benzene rings is 1. The molecule has 1 amide bonds. The number of nitrogens with two attached hydrogens (primary N) is 1. The Hall–Kier alpha value is -2.04. The summed E-state index contributed by atoms with van der Waals surface area (Å²) in [4.78, 5) is 15.8. The third-order valence-corrected chi connectivity index (χ3v) is 2.98. The number of carbonyl (C=O) groups is 1. The summed E-state index contributed by atoms with van der Waals surface area (Å²) in [6.45, 7) is 5.51. The Morgan fingerprint density at radius 3 is 2.52 bits per heavy atom. The maximum atomic E-state index is 11.5. The first-order valence-corrected chi connectivity index (χ1v) is 7.58. The third kappa shape index (κ3) is 7.34. The Kier molecular flexibility index (Phi) is 7.94. The lowest BCUT2D eigenvalue weighted by molar-refractivity contribution is -0.116. The molecular weight excluding hydrogens is 264 g/mol. The molecule has 0 bridgehead atoms. The van der Waals surface area contributed by atoms with Gasteiger partial charge in [-0.1, -0.05) is 32.4 Å². The molecule has 0 unspecified atom stereocenters. The van der Waals surface area contributed by atoms with Crippen LogP contribution in [0.2, 0.25) is 0 Å². The normalized spacial score (nSPS) is 11.2. The van der Waals surface area contributed by atoms with Gasteiger partial charge in [-0.2, -0.15) is 0 Å². The first kappa shape index (κ1) is 17.0. The average molecular weight is 290 g/mol. The topological polar surface area (TPSA) is 79.5 Å². The van der Waals surface area contributed by atoms with Crippen LogP contribution in [0.3, 0.4) is 0 Å². The van der Waals surface area contributed by atoms with Crippen molar-refractivity contribution in [3.05, 3.63) is 29.8 Å². The van der Waals surface area contributed by atoms with Gasteiger partial charge < -0.3 is 16.4 Å². The molecule has 0 aliphatic heterocycles. The predicted octanol–water partition coefficient (Wildman–Crippen LogP) is 2.63. The standard InChI is InChI=1S/C16H26N4O/c1-3-5-11-18-16(17)19-12-13-7-9-14(10-8-13)20-15(21)6-4-2/h7-10H,3-6,11-12H2,1-2H3,(H,20,21)(H3,17,18,19). The molecule has 0 spiro atoms. The summed E-state index contributed by atoms with van der Waals surface area (Å²) < 4.78 is 0. The van der Waals surface area contributed by atoms with Crippen LogP contribution in [-0.2, 0) is 11.3 Å². The number of hydrogen-bond donors (Lipinski definition) is 3. The Labute approximate surface area is 127 Å². The summed E-state index contributed by atoms with van der Waals surface area (Å²) in [6.07, 6.45) is 3.61. The number of anilines is 1. The van der Waals surface area contributed by atoms with Crippen LogP contribution in [0.4, 0.5) is 5.69 Å². The number of carbonyl (C=O) groups excluding carboxylic acids is 1. The van der Waals surface area contributed by atoms with Crippen molar-refractivity contribution in [3.8, 4) is 0 Å². The number of unbranched alkanes of at least 4 members (excludes halogenated alkanes) is 1. The quantitative estimate of drug-likeness (QED) is 0.391. The summed E-state index contributed by atoms with van der Waals surface area (Å²) in [5.74, 6) is 0.524. The summed E-state index contributed by atoms with van der Waals surface area (Å²) in [5.41, 5.74) is 7.65. The van der Waals surface area contributed by atoms with Crippen molar-refractivity contribution in [2.45, 2.75) is 46.1 Å². The zero-order valence-corrected chi connectivity index (χ0v) is 13.0. The highest BCUT2D eigenvalue weighted by Crippen LogP contribution is 2.11. The second kappa shape index (κ2) is 9.80. The van der Waals surface area contributed by atoms with Gasteiger partial charge in [0.25, 0.3) is 0 Å². The van der Waals surface area contributed by atoms with Crippen molar-refractivity contribution in [1.82, 2.24) is 5.32 Å². The number of nitrogens with one attached hydrogen (secondary N) is 2. The van der Waals surface area contributed by atoms with Crippen molar-refractivity contribution in [2.24, 2.45) is 10.7 Å². The molecule has 0 atom stereocenters. The Balaban J connectivity index is 2.43. The fourth-order valence-corrected chi connectivity index (χ4v) is 1.77. The first-order chi connectivity index (χ1) is 10.2. The lowest BCUT2D eigenvalue weighted by Crippen LogP contribution is -2.32. The summed E-state index contributed by atoms with van der Waals surface area (Å²) in [7, 11) is 0. The van der Waals surface area contributed by atoms with Crippen LogP contribution in [0.5, 0.6) is 0 Å². The maximum absolute atomic E-state index is 11.5. The van der Waals surface area contributed by atoms with Gasteiger partial charge in [0.15, 0.2) is 5.96 Å². The Morgan fingerprint density at radius 2 is 1.90 bits per heavy atom. The van der Waals surface area contributed by atoms with E-state index in [2.05, 4.69) is 22.5 Å². The molecule has 1 aromatic rings. The molecular formula is C16H26N4O. The molecule has 0 radical (unpaired) electrons. The highest BCUT2D eigenvalue weighted by Gasteiger charge is 2.00. The molecule has 0 heterocycles. The highest BCUT2D eigenvalue weighted by atomic mass is 16.1. The SMILES string of the molecule is CCCCNC(N)=NCc1ccc(NC(=O)CCC)cc1. The maximum Gasteiger partial charge on any atom is 0.224 e. The van der Waals surface area contributed by atoms with Gasteiger partial charge in [-0.05, 0) is 30.5 Å². The van der Waals surface area contributed by atoms with Crippen LogP contribution in [0, 0.1) is 0 Å². The molecule has 1 aromatic carbocycles. The molecule has 1 rings (SSSR count). The summed E-state index contributed by atoms with van der Waals surface area (Å²) >= 11 is 0. The number of amides is 1. The molecule has 21 heavy (non-hydrogen) atoms. The Bertz CT molecular complexity index is 454. The molecule has 116 valence electrons. The van der Waals surface area contributed by atoms with Gasteiger partial charge in [0.1, 0.15) is 0 Å². The third-order valence-electron chi connectivity index (χ3n) is 2.98. The number of guanidine groups is 1. The largest absolute Gasteiger partial charge is 0.370 e. The van der Waals surface area contributed by atoms with Crippen LogP contribution >= 0.6 is 0 Å². The van der Waals surface area contributed by atoms with Crippen LogP contribution in [0.1, 0.15) is 45.1 Å². The zero-order chi connectivity index (χ0) is 15.5. The molecule has 0 aliphatic rings. The second-order valence-electron chi connectivity index (χ2n) is 4.98. The van der Waals surface area contributed by atoms with E-state index in [1.165, 1.54) is 0 Å². The minimum atomic E-state index is 0.0487. The summed E-state index contributed by atoms with van der Waals surface area (Å²) in [5, 5.41) is 5.93. The highest BCUT2D eigenvalue weighted by molar-refractivity contribution is 5.90. The van der Waals surface area contributed by atoms with Crippen LogP contribution in [-0.4, -0.2) is 18.4 Å². The fraction of sp³-hybridized carbons (Fsp3) is 0.500. The molecule has 0 aliphatic carbocycles. The predicted molar refractivity (Wildman–Crippen MR) is 88.2 cm³/mol. The number of nitrogens with zero attached hydrogens (tertiary/aromatic N) is 1. The van der Waals surface area contributed by atoms with Crippen LogP contribution in [0.15, 0.2) is 29.3 Å². The molecule has 4 N–H and O–H groups in total. The second-order valence-corrected chi connectivity index (χ2v) is 4.98. The van der Waals surface area contributed by atoms with Gasteiger partial charge in [0.2, 0.25) is 5.91 Å². The van der Waals surface area contributed by atoms with E-state index in [-0.39, 0.29) is 5.91 Å². The van der Waals surface area contributed by atoms with E-state index in [9.17, 15) is 4.79 Å². The number of hydrogen-bond acceptors (Lipinski definition) is 2. The van der Waals surface area contributed by atoms with Gasteiger partial charge in [0.05, 0.1) is 6.54 Å². The zero-order valence-electron chi connectivity index (χ0n) is 13.0. The van der Waals surface area contributed by atoms with Crippen molar-refractivity contribution < 1.29 is 4.79 Å². The van der Waals surface area contributed by atoms with Gasteiger partial charge in [-0.25, -0.2) is 4.99 Å². The van der Waals surface area contributed by atoms with E-state index in [1.807, 2.05) is 31.2 Å². The number of rotatable bonds is 8. The molecule has 0 fully saturated rings. The molecule has 0 saturated heterocycles. The lowest BCUT2D eigenvalue weighted by Gasteiger charge is -2.06. The minimum absolute atomic E-state index is 0.0487. The van der Waals surface area contributed by atoms with E-state index in [0.29, 0.717) is 18.9 Å². The van der Waals surface area contributed by atoms with Gasteiger partial charge in [0, 0.05) is 18.7 Å². The average Bonchev–Trinajstić information content (AvgIpc) is 2.47.